The zero-order chi connectivity index (χ0) is 41.4. The third-order valence-electron chi connectivity index (χ3n) is 12.8. The molecule has 0 fully saturated rings. The molecule has 0 amide bonds. The minimum absolute atomic E-state index is 0.0980. The molecule has 0 bridgehead atoms. The normalized spacial score (nSPS) is 15.6. The van der Waals surface area contributed by atoms with Gasteiger partial charge in [-0.2, -0.15) is 0 Å². The first-order valence-corrected chi connectivity index (χ1v) is 22.5. The molecule has 0 spiro atoms. The van der Waals surface area contributed by atoms with Crippen LogP contribution >= 0.6 is 11.3 Å². The molecule has 63 heavy (non-hydrogen) atoms. The van der Waals surface area contributed by atoms with E-state index in [1.807, 2.05) is 29.5 Å². The van der Waals surface area contributed by atoms with E-state index in [1.165, 1.54) is 64.3 Å². The SMILES string of the molecule is C1=CC(c2cccc3c2sc2c(-c4nc(-c5ccccc5)nc(-c5cccc6c5C5=CC(c7ccc8c(c7)c7ccccc7n8-c7ccccc7)=CCC5O6)n4)cccc23)=CCC1. The molecule has 0 N–H and O–H groups in total. The summed E-state index contributed by atoms with van der Waals surface area (Å²) in [7, 11) is 0. The van der Waals surface area contributed by atoms with E-state index < -0.39 is 0 Å². The molecular weight excluding hydrogens is 789 g/mol. The number of allylic oxidation sites excluding steroid dienone is 6. The predicted molar refractivity (Wildman–Crippen MR) is 261 cm³/mol. The van der Waals surface area contributed by atoms with Crippen molar-refractivity contribution in [2.45, 2.75) is 25.4 Å². The van der Waals surface area contributed by atoms with Gasteiger partial charge in [-0.1, -0.05) is 140 Å². The Kier molecular flexibility index (Phi) is 8.28. The minimum atomic E-state index is -0.0980. The van der Waals surface area contributed by atoms with Crippen molar-refractivity contribution in [3.63, 3.8) is 0 Å². The second kappa shape index (κ2) is 14.5. The highest BCUT2D eigenvalue weighted by Crippen LogP contribution is 2.48. The van der Waals surface area contributed by atoms with E-state index in [0.717, 1.165) is 58.5 Å². The standard InChI is InChI=1S/C57H38N4OS/c1-4-15-35(16-5-1)40-22-12-23-42-43-24-13-26-45(54(43)63-53(40)42)57-59-55(36-17-6-2-7-18-36)58-56(60-57)44-25-14-28-51-52(44)47-34-38(30-32-50(47)62-51)37-29-31-49-46(33-37)41-21-10-11-27-48(41)61(49)39-19-8-3-9-20-39/h2-4,6-31,33-34,50H,1,5,32H2. The van der Waals surface area contributed by atoms with E-state index in [1.54, 1.807) is 0 Å². The van der Waals surface area contributed by atoms with Crippen molar-refractivity contribution in [2.75, 3.05) is 0 Å². The number of fused-ring (bicyclic) bond motifs is 9. The molecule has 4 heterocycles. The fourth-order valence-corrected chi connectivity index (χ4v) is 11.2. The number of hydrogen-bond donors (Lipinski definition) is 0. The molecule has 6 heteroatoms. The summed E-state index contributed by atoms with van der Waals surface area (Å²) >= 11 is 1.83. The Hall–Kier alpha value is -7.67. The van der Waals surface area contributed by atoms with Crippen LogP contribution in [0.25, 0.3) is 98.5 Å². The maximum absolute atomic E-state index is 6.72. The Morgan fingerprint density at radius 3 is 2.03 bits per heavy atom. The molecule has 3 aromatic heterocycles. The van der Waals surface area contributed by atoms with Crippen molar-refractivity contribution in [3.8, 4) is 45.6 Å². The molecule has 1 unspecified atom stereocenters. The first kappa shape index (κ1) is 36.0. The number of benzene rings is 7. The summed E-state index contributed by atoms with van der Waals surface area (Å²) in [5, 5.41) is 4.94. The lowest BCUT2D eigenvalue weighted by molar-refractivity contribution is 0.279. The lowest BCUT2D eigenvalue weighted by atomic mass is 9.87. The Morgan fingerprint density at radius 2 is 1.21 bits per heavy atom. The zero-order valence-corrected chi connectivity index (χ0v) is 35.0. The Morgan fingerprint density at radius 1 is 0.524 bits per heavy atom. The van der Waals surface area contributed by atoms with E-state index in [9.17, 15) is 0 Å². The fourth-order valence-electron chi connectivity index (χ4n) is 9.87. The van der Waals surface area contributed by atoms with Crippen molar-refractivity contribution in [1.29, 1.82) is 0 Å². The summed E-state index contributed by atoms with van der Waals surface area (Å²) < 4.78 is 11.5. The van der Waals surface area contributed by atoms with E-state index in [-0.39, 0.29) is 6.10 Å². The third-order valence-corrected chi connectivity index (χ3v) is 14.1. The number of thiophene rings is 1. The summed E-state index contributed by atoms with van der Waals surface area (Å²) in [5.74, 6) is 2.78. The van der Waals surface area contributed by atoms with E-state index in [2.05, 4.69) is 174 Å². The quantitative estimate of drug-likeness (QED) is 0.168. The van der Waals surface area contributed by atoms with Crippen LogP contribution in [-0.4, -0.2) is 25.6 Å². The van der Waals surface area contributed by atoms with Gasteiger partial charge in [-0.15, -0.1) is 11.3 Å². The summed E-state index contributed by atoms with van der Waals surface area (Å²) in [4.78, 5) is 15.9. The average Bonchev–Trinajstić information content (AvgIpc) is 4.04. The Labute approximate surface area is 368 Å². The smallest absolute Gasteiger partial charge is 0.165 e. The van der Waals surface area contributed by atoms with Gasteiger partial charge >= 0.3 is 0 Å². The highest BCUT2D eigenvalue weighted by Gasteiger charge is 2.34. The number of aromatic nitrogens is 4. The lowest BCUT2D eigenvalue weighted by Crippen LogP contribution is -2.13. The molecule has 7 aromatic carbocycles. The van der Waals surface area contributed by atoms with E-state index in [0.29, 0.717) is 17.5 Å². The van der Waals surface area contributed by atoms with Crippen molar-refractivity contribution in [3.05, 3.63) is 205 Å². The van der Waals surface area contributed by atoms with Crippen LogP contribution in [0.5, 0.6) is 5.75 Å². The Balaban J connectivity index is 0.953. The lowest BCUT2D eigenvalue weighted by Gasteiger charge is -2.18. The van der Waals surface area contributed by atoms with Gasteiger partial charge < -0.3 is 9.30 Å². The summed E-state index contributed by atoms with van der Waals surface area (Å²) in [6.07, 6.45) is 14.4. The maximum atomic E-state index is 6.72. The number of ether oxygens (including phenoxy) is 1. The van der Waals surface area contributed by atoms with E-state index in [4.69, 9.17) is 19.7 Å². The Bertz CT molecular complexity index is 3630. The molecule has 1 atom stereocenters. The first-order chi connectivity index (χ1) is 31.2. The van der Waals surface area contributed by atoms with Gasteiger partial charge in [0.2, 0.25) is 0 Å². The molecule has 5 nitrogen and oxygen atoms in total. The highest BCUT2D eigenvalue weighted by atomic mass is 32.1. The molecule has 2 aliphatic carbocycles. The molecule has 0 radical (unpaired) electrons. The molecule has 1 aliphatic heterocycles. The van der Waals surface area contributed by atoms with Crippen LogP contribution in [0.3, 0.4) is 0 Å². The van der Waals surface area contributed by atoms with Gasteiger partial charge in [0.15, 0.2) is 17.5 Å². The monoisotopic (exact) mass is 826 g/mol. The van der Waals surface area contributed by atoms with Crippen molar-refractivity contribution in [2.24, 2.45) is 0 Å². The third kappa shape index (κ3) is 5.86. The van der Waals surface area contributed by atoms with Gasteiger partial charge in [0.25, 0.3) is 0 Å². The topological polar surface area (TPSA) is 52.8 Å². The van der Waals surface area contributed by atoms with Gasteiger partial charge in [0, 0.05) is 70.9 Å². The van der Waals surface area contributed by atoms with Gasteiger partial charge in [-0.3, -0.25) is 0 Å². The summed E-state index contributed by atoms with van der Waals surface area (Å²) in [6, 6.07) is 55.9. The maximum Gasteiger partial charge on any atom is 0.165 e. The fraction of sp³-hybridized carbons (Fsp3) is 0.0702. The predicted octanol–water partition coefficient (Wildman–Crippen LogP) is 14.7. The first-order valence-electron chi connectivity index (χ1n) is 21.7. The number of para-hydroxylation sites is 2. The minimum Gasteiger partial charge on any atom is -0.485 e. The van der Waals surface area contributed by atoms with Gasteiger partial charge in [-0.25, -0.2) is 15.0 Å². The molecule has 0 saturated heterocycles. The van der Waals surface area contributed by atoms with Crippen LogP contribution in [0.15, 0.2) is 188 Å². The summed E-state index contributed by atoms with van der Waals surface area (Å²) in [6.45, 7) is 0. The van der Waals surface area contributed by atoms with Crippen molar-refractivity contribution in [1.82, 2.24) is 19.5 Å². The van der Waals surface area contributed by atoms with Gasteiger partial charge in [0.1, 0.15) is 11.9 Å². The van der Waals surface area contributed by atoms with Crippen LogP contribution in [0, 0.1) is 0 Å². The van der Waals surface area contributed by atoms with Crippen LogP contribution < -0.4 is 4.74 Å². The number of hydrogen-bond acceptors (Lipinski definition) is 5. The summed E-state index contributed by atoms with van der Waals surface area (Å²) in [5.41, 5.74) is 13.6. The molecular formula is C57H38N4OS. The van der Waals surface area contributed by atoms with Crippen LogP contribution in [-0.2, 0) is 0 Å². The van der Waals surface area contributed by atoms with Gasteiger partial charge in [0.05, 0.1) is 11.0 Å². The average molecular weight is 827 g/mol. The largest absolute Gasteiger partial charge is 0.485 e. The highest BCUT2D eigenvalue weighted by molar-refractivity contribution is 7.26. The second-order valence-corrected chi connectivity index (χ2v) is 17.5. The molecule has 298 valence electrons. The van der Waals surface area contributed by atoms with Crippen LogP contribution in [0.2, 0.25) is 0 Å². The van der Waals surface area contributed by atoms with Crippen LogP contribution in [0.4, 0.5) is 0 Å². The van der Waals surface area contributed by atoms with E-state index >= 15 is 0 Å². The number of rotatable bonds is 6. The molecule has 10 aromatic rings. The molecule has 13 rings (SSSR count). The molecule has 3 aliphatic rings. The number of nitrogens with zero attached hydrogens (tertiary/aromatic N) is 4. The second-order valence-electron chi connectivity index (χ2n) is 16.5. The molecule has 0 saturated carbocycles. The van der Waals surface area contributed by atoms with Crippen LogP contribution in [0.1, 0.15) is 36.0 Å². The zero-order valence-electron chi connectivity index (χ0n) is 34.2. The van der Waals surface area contributed by atoms with Gasteiger partial charge in [-0.05, 0) is 83.7 Å². The van der Waals surface area contributed by atoms with Crippen molar-refractivity contribution < 1.29 is 4.74 Å². The van der Waals surface area contributed by atoms with Crippen molar-refractivity contribution >= 4 is 70.0 Å².